The largest absolute Gasteiger partial charge is 0.490 e. The van der Waals surface area contributed by atoms with Crippen molar-refractivity contribution in [3.05, 3.63) is 48.5 Å². The first-order chi connectivity index (χ1) is 11.4. The van der Waals surface area contributed by atoms with E-state index in [1.807, 2.05) is 19.9 Å². The molecule has 0 saturated carbocycles. The second-order valence-corrected chi connectivity index (χ2v) is 6.17. The summed E-state index contributed by atoms with van der Waals surface area (Å²) in [4.78, 5) is 24.0. The van der Waals surface area contributed by atoms with Crippen LogP contribution in [0.15, 0.2) is 48.5 Å². The Balaban J connectivity index is 1.72. The predicted molar refractivity (Wildman–Crippen MR) is 90.4 cm³/mol. The van der Waals surface area contributed by atoms with E-state index in [1.54, 1.807) is 42.5 Å². The standard InChI is InChI=1S/C18H18N2O4/c1-18(2)11-23-15-10-12(8-9-14(15)20-16(18)21)19-17(22)24-13-6-4-3-5-7-13/h3-10H,11H2,1-2H3,(H,19,22)(H,20,21). The lowest BCUT2D eigenvalue weighted by Crippen LogP contribution is -2.33. The van der Waals surface area contributed by atoms with Crippen LogP contribution in [0, 0.1) is 5.41 Å². The van der Waals surface area contributed by atoms with Crippen molar-refractivity contribution in [3.8, 4) is 11.5 Å². The Morgan fingerprint density at radius 3 is 2.71 bits per heavy atom. The van der Waals surface area contributed by atoms with Gasteiger partial charge in [0.1, 0.15) is 18.1 Å². The van der Waals surface area contributed by atoms with E-state index in [0.717, 1.165) is 0 Å². The summed E-state index contributed by atoms with van der Waals surface area (Å²) in [6, 6.07) is 13.8. The molecule has 0 atom stereocenters. The zero-order valence-corrected chi connectivity index (χ0v) is 13.5. The predicted octanol–water partition coefficient (Wildman–Crippen LogP) is 3.65. The van der Waals surface area contributed by atoms with E-state index in [0.29, 0.717) is 22.9 Å². The van der Waals surface area contributed by atoms with Crippen molar-refractivity contribution < 1.29 is 19.1 Å². The van der Waals surface area contributed by atoms with Crippen molar-refractivity contribution in [2.45, 2.75) is 13.8 Å². The second kappa shape index (κ2) is 6.23. The molecular formula is C18H18N2O4. The summed E-state index contributed by atoms with van der Waals surface area (Å²) >= 11 is 0. The molecule has 0 aromatic heterocycles. The molecule has 0 fully saturated rings. The Morgan fingerprint density at radius 2 is 1.96 bits per heavy atom. The van der Waals surface area contributed by atoms with Gasteiger partial charge in [0.25, 0.3) is 0 Å². The summed E-state index contributed by atoms with van der Waals surface area (Å²) < 4.78 is 10.9. The molecule has 6 heteroatoms. The third-order valence-corrected chi connectivity index (χ3v) is 3.63. The van der Waals surface area contributed by atoms with Crippen molar-refractivity contribution >= 4 is 23.4 Å². The number of carbonyl (C=O) groups is 2. The van der Waals surface area contributed by atoms with Gasteiger partial charge in [0, 0.05) is 11.8 Å². The van der Waals surface area contributed by atoms with Crippen LogP contribution < -0.4 is 20.1 Å². The molecule has 3 rings (SSSR count). The molecule has 0 spiro atoms. The van der Waals surface area contributed by atoms with Gasteiger partial charge in [-0.05, 0) is 38.1 Å². The first kappa shape index (κ1) is 15.9. The van der Waals surface area contributed by atoms with Crippen LogP contribution in [0.5, 0.6) is 11.5 Å². The Hall–Kier alpha value is -3.02. The number of fused-ring (bicyclic) bond motifs is 1. The SMILES string of the molecule is CC1(C)COc2cc(NC(=O)Oc3ccccc3)ccc2NC1=O. The molecule has 2 amide bonds. The Bertz CT molecular complexity index is 772. The number of hydrogen-bond donors (Lipinski definition) is 2. The first-order valence-corrected chi connectivity index (χ1v) is 7.56. The second-order valence-electron chi connectivity index (χ2n) is 6.17. The minimum Gasteiger partial charge on any atom is -0.490 e. The average molecular weight is 326 g/mol. The molecule has 2 aromatic rings. The fourth-order valence-corrected chi connectivity index (χ4v) is 2.18. The summed E-state index contributed by atoms with van der Waals surface area (Å²) in [6.45, 7) is 3.87. The molecule has 0 bridgehead atoms. The molecule has 0 aliphatic carbocycles. The van der Waals surface area contributed by atoms with E-state index < -0.39 is 11.5 Å². The highest BCUT2D eigenvalue weighted by molar-refractivity contribution is 5.97. The Morgan fingerprint density at radius 1 is 1.21 bits per heavy atom. The fraction of sp³-hybridized carbons (Fsp3) is 0.222. The van der Waals surface area contributed by atoms with Gasteiger partial charge in [-0.3, -0.25) is 10.1 Å². The summed E-state index contributed by atoms with van der Waals surface area (Å²) in [5, 5.41) is 5.46. The van der Waals surface area contributed by atoms with Crippen molar-refractivity contribution in [2.24, 2.45) is 5.41 Å². The normalized spacial score (nSPS) is 15.3. The van der Waals surface area contributed by atoms with Crippen molar-refractivity contribution in [1.82, 2.24) is 0 Å². The van der Waals surface area contributed by atoms with Crippen LogP contribution in [0.2, 0.25) is 0 Å². The van der Waals surface area contributed by atoms with Crippen molar-refractivity contribution in [2.75, 3.05) is 17.2 Å². The van der Waals surface area contributed by atoms with Crippen LogP contribution >= 0.6 is 0 Å². The number of nitrogens with one attached hydrogen (secondary N) is 2. The van der Waals surface area contributed by atoms with Gasteiger partial charge in [0.05, 0.1) is 11.1 Å². The molecule has 6 nitrogen and oxygen atoms in total. The zero-order valence-electron chi connectivity index (χ0n) is 13.5. The molecule has 0 saturated heterocycles. The minimum absolute atomic E-state index is 0.106. The van der Waals surface area contributed by atoms with Crippen LogP contribution in [0.4, 0.5) is 16.2 Å². The Kier molecular flexibility index (Phi) is 4.12. The molecule has 2 N–H and O–H groups in total. The van der Waals surface area contributed by atoms with Gasteiger partial charge in [-0.15, -0.1) is 0 Å². The highest BCUT2D eigenvalue weighted by Crippen LogP contribution is 2.34. The number of carbonyl (C=O) groups excluding carboxylic acids is 2. The van der Waals surface area contributed by atoms with E-state index in [-0.39, 0.29) is 12.5 Å². The molecule has 1 aliphatic heterocycles. The third-order valence-electron chi connectivity index (χ3n) is 3.63. The molecule has 24 heavy (non-hydrogen) atoms. The first-order valence-electron chi connectivity index (χ1n) is 7.56. The van der Waals surface area contributed by atoms with E-state index in [2.05, 4.69) is 10.6 Å². The lowest BCUT2D eigenvalue weighted by atomic mass is 9.94. The molecular weight excluding hydrogens is 308 g/mol. The summed E-state index contributed by atoms with van der Waals surface area (Å²) in [7, 11) is 0. The third kappa shape index (κ3) is 3.48. The van der Waals surface area contributed by atoms with Gasteiger partial charge >= 0.3 is 6.09 Å². The number of anilines is 2. The average Bonchev–Trinajstić information content (AvgIpc) is 2.65. The lowest BCUT2D eigenvalue weighted by molar-refractivity contribution is -0.124. The molecule has 1 aliphatic rings. The van der Waals surface area contributed by atoms with Crippen LogP contribution in [-0.4, -0.2) is 18.6 Å². The summed E-state index contributed by atoms with van der Waals surface area (Å²) in [6.07, 6.45) is -0.598. The fourth-order valence-electron chi connectivity index (χ4n) is 2.18. The maximum absolute atomic E-state index is 12.1. The van der Waals surface area contributed by atoms with Crippen molar-refractivity contribution in [1.29, 1.82) is 0 Å². The van der Waals surface area contributed by atoms with Gasteiger partial charge in [-0.1, -0.05) is 18.2 Å². The van der Waals surface area contributed by atoms with Gasteiger partial charge in [-0.2, -0.15) is 0 Å². The number of amides is 2. The smallest absolute Gasteiger partial charge is 0.417 e. The van der Waals surface area contributed by atoms with Crippen LogP contribution in [0.3, 0.4) is 0 Å². The number of benzene rings is 2. The quantitative estimate of drug-likeness (QED) is 0.883. The summed E-state index contributed by atoms with van der Waals surface area (Å²) in [5.41, 5.74) is 0.468. The Labute approximate surface area is 139 Å². The van der Waals surface area contributed by atoms with Gasteiger partial charge < -0.3 is 14.8 Å². The molecule has 0 unspecified atom stereocenters. The maximum Gasteiger partial charge on any atom is 0.417 e. The number of hydrogen-bond acceptors (Lipinski definition) is 4. The van der Waals surface area contributed by atoms with Gasteiger partial charge in [0.2, 0.25) is 5.91 Å². The zero-order chi connectivity index (χ0) is 17.2. The monoisotopic (exact) mass is 326 g/mol. The van der Waals surface area contributed by atoms with Crippen LogP contribution in [0.25, 0.3) is 0 Å². The van der Waals surface area contributed by atoms with Crippen molar-refractivity contribution in [3.63, 3.8) is 0 Å². The summed E-state index contributed by atoms with van der Waals surface area (Å²) in [5.74, 6) is 0.854. The molecule has 1 heterocycles. The molecule has 0 radical (unpaired) electrons. The van der Waals surface area contributed by atoms with Gasteiger partial charge in [0.15, 0.2) is 0 Å². The van der Waals surface area contributed by atoms with E-state index in [1.165, 1.54) is 0 Å². The topological polar surface area (TPSA) is 76.7 Å². The number of para-hydroxylation sites is 1. The lowest BCUT2D eigenvalue weighted by Gasteiger charge is -2.18. The number of rotatable bonds is 2. The molecule has 2 aromatic carbocycles. The molecule has 124 valence electrons. The highest BCUT2D eigenvalue weighted by Gasteiger charge is 2.32. The number of ether oxygens (including phenoxy) is 2. The minimum atomic E-state index is -0.626. The van der Waals surface area contributed by atoms with E-state index in [4.69, 9.17) is 9.47 Å². The van der Waals surface area contributed by atoms with Gasteiger partial charge in [-0.25, -0.2) is 4.79 Å². The van der Waals surface area contributed by atoms with Crippen LogP contribution in [0.1, 0.15) is 13.8 Å². The van der Waals surface area contributed by atoms with E-state index >= 15 is 0 Å². The van der Waals surface area contributed by atoms with Crippen LogP contribution in [-0.2, 0) is 4.79 Å². The maximum atomic E-state index is 12.1. The van der Waals surface area contributed by atoms with E-state index in [9.17, 15) is 9.59 Å². The highest BCUT2D eigenvalue weighted by atomic mass is 16.6.